The molecule has 0 bridgehead atoms. The molecule has 4 heteroatoms. The molecular formula is C22H22N2OS. The van der Waals surface area contributed by atoms with Crippen LogP contribution in [0.1, 0.15) is 30.9 Å². The van der Waals surface area contributed by atoms with E-state index in [1.165, 1.54) is 33.6 Å². The molecule has 132 valence electrons. The molecule has 0 amide bonds. The van der Waals surface area contributed by atoms with Crippen LogP contribution in [0.3, 0.4) is 0 Å². The Morgan fingerprint density at radius 3 is 2.54 bits per heavy atom. The van der Waals surface area contributed by atoms with Crippen LogP contribution >= 0.6 is 11.3 Å². The first-order valence-electron chi connectivity index (χ1n) is 8.95. The third-order valence-electron chi connectivity index (χ3n) is 4.92. The summed E-state index contributed by atoms with van der Waals surface area (Å²) < 4.78 is 0.791. The maximum absolute atomic E-state index is 12.4. The van der Waals surface area contributed by atoms with Crippen molar-refractivity contribution in [3.05, 3.63) is 69.3 Å². The number of H-pyrrole nitrogens is 1. The van der Waals surface area contributed by atoms with E-state index < -0.39 is 0 Å². The number of nitrogens with two attached hydrogens (primary N) is 1. The van der Waals surface area contributed by atoms with E-state index in [0.717, 1.165) is 27.4 Å². The lowest BCUT2D eigenvalue weighted by atomic mass is 9.88. The van der Waals surface area contributed by atoms with Gasteiger partial charge in [0.1, 0.15) is 4.70 Å². The zero-order valence-electron chi connectivity index (χ0n) is 15.0. The van der Waals surface area contributed by atoms with Crippen molar-refractivity contribution in [1.82, 2.24) is 4.98 Å². The Bertz CT molecular complexity index is 1140. The first-order valence-corrected chi connectivity index (χ1v) is 9.83. The van der Waals surface area contributed by atoms with Gasteiger partial charge in [-0.3, -0.25) is 4.79 Å². The summed E-state index contributed by atoms with van der Waals surface area (Å²) in [5.74, 6) is 0.388. The molecule has 0 fully saturated rings. The smallest absolute Gasteiger partial charge is 0.266 e. The van der Waals surface area contributed by atoms with Crippen LogP contribution in [0.2, 0.25) is 0 Å². The van der Waals surface area contributed by atoms with Gasteiger partial charge in [-0.05, 0) is 58.7 Å². The second-order valence-electron chi connectivity index (χ2n) is 6.96. The average molecular weight is 362 g/mol. The summed E-state index contributed by atoms with van der Waals surface area (Å²) in [5.41, 5.74) is 11.5. The summed E-state index contributed by atoms with van der Waals surface area (Å²) in [5, 5.41) is 4.17. The van der Waals surface area contributed by atoms with E-state index in [1.54, 1.807) is 0 Å². The van der Waals surface area contributed by atoms with Crippen molar-refractivity contribution < 1.29 is 0 Å². The minimum atomic E-state index is -0.0101. The summed E-state index contributed by atoms with van der Waals surface area (Å²) >= 11 is 1.50. The first-order chi connectivity index (χ1) is 12.6. The molecule has 0 unspecified atom stereocenters. The third kappa shape index (κ3) is 2.75. The standard InChI is InChI=1S/C22H22N2OS/c1-13(2)16-7-8-18-20(17-10-12-26-21(17)22(25)24-18)19(16)15-5-3-14(4-6-15)9-11-23/h3-8,10,12-13H,9,11,23H2,1-2H3,(H,24,25). The van der Waals surface area contributed by atoms with E-state index in [9.17, 15) is 4.79 Å². The molecule has 2 aromatic heterocycles. The van der Waals surface area contributed by atoms with Gasteiger partial charge >= 0.3 is 0 Å². The number of rotatable bonds is 4. The molecule has 4 aromatic rings. The number of hydrogen-bond donors (Lipinski definition) is 2. The Morgan fingerprint density at radius 1 is 1.08 bits per heavy atom. The normalized spacial score (nSPS) is 11.7. The van der Waals surface area contributed by atoms with Crippen LogP contribution < -0.4 is 11.3 Å². The predicted octanol–water partition coefficient (Wildman–Crippen LogP) is 5.03. The van der Waals surface area contributed by atoms with Crippen LogP contribution in [0.15, 0.2) is 52.6 Å². The minimum Gasteiger partial charge on any atom is -0.330 e. The highest BCUT2D eigenvalue weighted by atomic mass is 32.1. The maximum Gasteiger partial charge on any atom is 0.266 e. The fraction of sp³-hybridized carbons (Fsp3) is 0.227. The number of aromatic nitrogens is 1. The number of pyridine rings is 1. The molecule has 3 nitrogen and oxygen atoms in total. The van der Waals surface area contributed by atoms with E-state index in [4.69, 9.17) is 5.73 Å². The van der Waals surface area contributed by atoms with Gasteiger partial charge in [0.2, 0.25) is 0 Å². The van der Waals surface area contributed by atoms with Crippen LogP contribution in [0.4, 0.5) is 0 Å². The number of hydrogen-bond acceptors (Lipinski definition) is 3. The quantitative estimate of drug-likeness (QED) is 0.535. The van der Waals surface area contributed by atoms with Gasteiger partial charge in [0.15, 0.2) is 0 Å². The molecule has 0 radical (unpaired) electrons. The Kier molecular flexibility index (Phi) is 4.39. The summed E-state index contributed by atoms with van der Waals surface area (Å²) in [7, 11) is 0. The molecule has 2 heterocycles. The van der Waals surface area contributed by atoms with Crippen LogP contribution in [-0.2, 0) is 6.42 Å². The van der Waals surface area contributed by atoms with Crippen molar-refractivity contribution in [1.29, 1.82) is 0 Å². The lowest BCUT2D eigenvalue weighted by molar-refractivity contribution is 0.870. The molecular weight excluding hydrogens is 340 g/mol. The average Bonchev–Trinajstić information content (AvgIpc) is 3.12. The lowest BCUT2D eigenvalue weighted by Crippen LogP contribution is -2.06. The molecule has 0 aliphatic carbocycles. The monoisotopic (exact) mass is 362 g/mol. The highest BCUT2D eigenvalue weighted by Gasteiger charge is 2.17. The number of benzene rings is 2. The molecule has 3 N–H and O–H groups in total. The zero-order chi connectivity index (χ0) is 18.3. The Hall–Kier alpha value is -2.43. The second-order valence-corrected chi connectivity index (χ2v) is 7.88. The SMILES string of the molecule is CC(C)c1ccc2[nH]c(=O)c3sccc3c2c1-c1ccc(CCN)cc1. The van der Waals surface area contributed by atoms with Gasteiger partial charge in [-0.2, -0.15) is 0 Å². The van der Waals surface area contributed by atoms with Crippen LogP contribution in [-0.4, -0.2) is 11.5 Å². The largest absolute Gasteiger partial charge is 0.330 e. The highest BCUT2D eigenvalue weighted by Crippen LogP contribution is 2.39. The van der Waals surface area contributed by atoms with E-state index in [2.05, 4.69) is 55.2 Å². The molecule has 26 heavy (non-hydrogen) atoms. The Balaban J connectivity index is 2.09. The van der Waals surface area contributed by atoms with Gasteiger partial charge in [0.05, 0.1) is 0 Å². The van der Waals surface area contributed by atoms with Gasteiger partial charge in [0.25, 0.3) is 5.56 Å². The first kappa shape index (κ1) is 17.0. The van der Waals surface area contributed by atoms with Gasteiger partial charge in [0, 0.05) is 16.3 Å². The van der Waals surface area contributed by atoms with E-state index in [-0.39, 0.29) is 5.56 Å². The van der Waals surface area contributed by atoms with Gasteiger partial charge in [-0.1, -0.05) is 44.2 Å². The molecule has 0 aliphatic heterocycles. The zero-order valence-corrected chi connectivity index (χ0v) is 15.8. The van der Waals surface area contributed by atoms with E-state index in [0.29, 0.717) is 12.5 Å². The van der Waals surface area contributed by atoms with Crippen LogP contribution in [0, 0.1) is 0 Å². The number of thiophene rings is 1. The van der Waals surface area contributed by atoms with Crippen molar-refractivity contribution in [2.24, 2.45) is 5.73 Å². The van der Waals surface area contributed by atoms with Crippen LogP contribution in [0.25, 0.3) is 32.1 Å². The molecule has 0 spiro atoms. The van der Waals surface area contributed by atoms with Gasteiger partial charge in [-0.15, -0.1) is 11.3 Å². The summed E-state index contributed by atoms with van der Waals surface area (Å²) in [6.07, 6.45) is 0.884. The number of nitrogens with one attached hydrogen (secondary N) is 1. The molecule has 4 rings (SSSR count). The van der Waals surface area contributed by atoms with E-state index >= 15 is 0 Å². The topological polar surface area (TPSA) is 58.9 Å². The van der Waals surface area contributed by atoms with Crippen molar-refractivity contribution >= 4 is 32.3 Å². The molecule has 0 aliphatic rings. The predicted molar refractivity (Wildman–Crippen MR) is 112 cm³/mol. The third-order valence-corrected chi connectivity index (χ3v) is 5.84. The van der Waals surface area contributed by atoms with Crippen molar-refractivity contribution in [3.63, 3.8) is 0 Å². The number of fused-ring (bicyclic) bond motifs is 3. The van der Waals surface area contributed by atoms with Gasteiger partial charge in [-0.25, -0.2) is 0 Å². The minimum absolute atomic E-state index is 0.0101. The van der Waals surface area contributed by atoms with Crippen molar-refractivity contribution in [2.45, 2.75) is 26.2 Å². The Labute approximate surface area is 156 Å². The molecule has 2 aromatic carbocycles. The fourth-order valence-corrected chi connectivity index (χ4v) is 4.46. The number of aromatic amines is 1. The highest BCUT2D eigenvalue weighted by molar-refractivity contribution is 7.17. The summed E-state index contributed by atoms with van der Waals surface area (Å²) in [6, 6.07) is 14.9. The molecule has 0 saturated heterocycles. The summed E-state index contributed by atoms with van der Waals surface area (Å²) in [4.78, 5) is 15.4. The van der Waals surface area contributed by atoms with Crippen molar-refractivity contribution in [2.75, 3.05) is 6.54 Å². The fourth-order valence-electron chi connectivity index (χ4n) is 3.66. The lowest BCUT2D eigenvalue weighted by Gasteiger charge is -2.17. The second kappa shape index (κ2) is 6.71. The van der Waals surface area contributed by atoms with Gasteiger partial charge < -0.3 is 10.7 Å². The summed E-state index contributed by atoms with van der Waals surface area (Å²) in [6.45, 7) is 5.08. The molecule has 0 atom stereocenters. The van der Waals surface area contributed by atoms with Crippen molar-refractivity contribution in [3.8, 4) is 11.1 Å². The maximum atomic E-state index is 12.4. The van der Waals surface area contributed by atoms with E-state index in [1.807, 2.05) is 11.4 Å². The van der Waals surface area contributed by atoms with Crippen LogP contribution in [0.5, 0.6) is 0 Å². The molecule has 0 saturated carbocycles. The Morgan fingerprint density at radius 2 is 1.85 bits per heavy atom.